The van der Waals surface area contributed by atoms with E-state index in [1.54, 1.807) is 0 Å². The summed E-state index contributed by atoms with van der Waals surface area (Å²) in [5.74, 6) is 0.904. The smallest absolute Gasteiger partial charge is 0.306 e. The maximum atomic E-state index is 11.8. The van der Waals surface area contributed by atoms with Gasteiger partial charge in [-0.3, -0.25) is 9.59 Å². The Morgan fingerprint density at radius 3 is 1.69 bits per heavy atom. The van der Waals surface area contributed by atoms with Crippen molar-refractivity contribution in [1.82, 2.24) is 0 Å². The summed E-state index contributed by atoms with van der Waals surface area (Å²) in [7, 11) is 3.94. The summed E-state index contributed by atoms with van der Waals surface area (Å²) in [5, 5.41) is 0.764. The molecule has 1 heterocycles. The number of hydrogen-bond acceptors (Lipinski definition) is 6. The van der Waals surface area contributed by atoms with E-state index in [0.29, 0.717) is 38.9 Å². The minimum absolute atomic E-state index is 0.146. The monoisotopic (exact) mass is 574 g/mol. The molecule has 1 rings (SSSR count). The van der Waals surface area contributed by atoms with Crippen LogP contribution in [0.2, 0.25) is 0 Å². The van der Waals surface area contributed by atoms with Gasteiger partial charge in [-0.25, -0.2) is 0 Å². The van der Waals surface area contributed by atoms with Crippen LogP contribution < -0.4 is 0 Å². The molecular formula is C33H50O4S2. The van der Waals surface area contributed by atoms with Crippen LogP contribution in [0.5, 0.6) is 0 Å². The highest BCUT2D eigenvalue weighted by atomic mass is 33.1. The van der Waals surface area contributed by atoms with Crippen LogP contribution in [0.25, 0.3) is 0 Å². The molecule has 0 spiro atoms. The molecule has 0 N–H and O–H groups in total. The second kappa shape index (κ2) is 27.6. The summed E-state index contributed by atoms with van der Waals surface area (Å²) in [6.45, 7) is 2.76. The van der Waals surface area contributed by atoms with Crippen molar-refractivity contribution < 1.29 is 19.1 Å². The fourth-order valence-electron chi connectivity index (χ4n) is 3.62. The minimum Gasteiger partial charge on any atom is -0.466 e. The molecule has 0 amide bonds. The third-order valence-electron chi connectivity index (χ3n) is 5.81. The molecule has 1 fully saturated rings. The van der Waals surface area contributed by atoms with Crippen molar-refractivity contribution in [2.45, 2.75) is 102 Å². The average molecular weight is 575 g/mol. The fraction of sp³-hybridized carbons (Fsp3) is 0.576. The second-order valence-corrected chi connectivity index (χ2v) is 12.1. The van der Waals surface area contributed by atoms with Crippen molar-refractivity contribution in [1.29, 1.82) is 0 Å². The summed E-state index contributed by atoms with van der Waals surface area (Å²) in [4.78, 5) is 23.6. The number of esters is 2. The SMILES string of the molecule is CC/C=C\C/C=C\C/C=C\C/C=C\C/C=C\C/C=C\CCC(=O)OCCCOC(=O)CCCCC1CCSS1. The van der Waals surface area contributed by atoms with E-state index in [1.807, 2.05) is 27.7 Å². The normalized spacial score (nSPS) is 16.3. The highest BCUT2D eigenvalue weighted by molar-refractivity contribution is 8.77. The first-order valence-corrected chi connectivity index (χ1v) is 17.1. The summed E-state index contributed by atoms with van der Waals surface area (Å²) in [5.41, 5.74) is 0. The Kier molecular flexibility index (Phi) is 24.9. The van der Waals surface area contributed by atoms with E-state index in [4.69, 9.17) is 9.47 Å². The Morgan fingerprint density at radius 1 is 0.667 bits per heavy atom. The zero-order chi connectivity index (χ0) is 28.1. The minimum atomic E-state index is -0.205. The Morgan fingerprint density at radius 2 is 1.18 bits per heavy atom. The van der Waals surface area contributed by atoms with Crippen LogP contribution in [0.4, 0.5) is 0 Å². The molecule has 1 aliphatic heterocycles. The van der Waals surface area contributed by atoms with Crippen molar-refractivity contribution in [2.24, 2.45) is 0 Å². The van der Waals surface area contributed by atoms with Gasteiger partial charge in [-0.1, -0.05) is 108 Å². The van der Waals surface area contributed by atoms with E-state index in [-0.39, 0.29) is 11.9 Å². The Hall–Kier alpha value is -1.92. The zero-order valence-electron chi connectivity index (χ0n) is 24.0. The third kappa shape index (κ3) is 24.8. The van der Waals surface area contributed by atoms with Crippen molar-refractivity contribution in [3.63, 3.8) is 0 Å². The van der Waals surface area contributed by atoms with Gasteiger partial charge in [0, 0.05) is 30.3 Å². The predicted octanol–water partition coefficient (Wildman–Crippen LogP) is 9.65. The molecule has 0 radical (unpaired) electrons. The van der Waals surface area contributed by atoms with Crippen LogP contribution >= 0.6 is 21.6 Å². The number of carbonyl (C=O) groups is 2. The van der Waals surface area contributed by atoms with E-state index in [1.165, 1.54) is 18.6 Å². The largest absolute Gasteiger partial charge is 0.466 e. The molecule has 0 aromatic carbocycles. The van der Waals surface area contributed by atoms with Crippen molar-refractivity contribution >= 4 is 33.5 Å². The number of carbonyl (C=O) groups excluding carboxylic acids is 2. The van der Waals surface area contributed by atoms with Gasteiger partial charge in [0.1, 0.15) is 0 Å². The van der Waals surface area contributed by atoms with Gasteiger partial charge < -0.3 is 9.47 Å². The van der Waals surface area contributed by atoms with Crippen LogP contribution in [0, 0.1) is 0 Å². The van der Waals surface area contributed by atoms with E-state index in [9.17, 15) is 9.59 Å². The zero-order valence-corrected chi connectivity index (χ0v) is 25.6. The number of hydrogen-bond donors (Lipinski definition) is 0. The maximum absolute atomic E-state index is 11.8. The number of allylic oxidation sites excluding steroid dienone is 12. The van der Waals surface area contributed by atoms with Crippen LogP contribution in [0.1, 0.15) is 96.8 Å². The molecule has 39 heavy (non-hydrogen) atoms. The van der Waals surface area contributed by atoms with Gasteiger partial charge in [0.25, 0.3) is 0 Å². The van der Waals surface area contributed by atoms with Gasteiger partial charge in [-0.05, 0) is 64.2 Å². The lowest BCUT2D eigenvalue weighted by molar-refractivity contribution is -0.146. The third-order valence-corrected chi connectivity index (χ3v) is 8.82. The molecule has 1 aliphatic rings. The quantitative estimate of drug-likeness (QED) is 0.0524. The first-order chi connectivity index (χ1) is 19.2. The Bertz CT molecular complexity index is 790. The second-order valence-electron chi connectivity index (χ2n) is 9.32. The highest BCUT2D eigenvalue weighted by Gasteiger charge is 2.15. The van der Waals surface area contributed by atoms with Crippen molar-refractivity contribution in [2.75, 3.05) is 19.0 Å². The van der Waals surface area contributed by atoms with Crippen molar-refractivity contribution in [3.05, 3.63) is 72.9 Å². The topological polar surface area (TPSA) is 52.6 Å². The van der Waals surface area contributed by atoms with Gasteiger partial charge in [0.05, 0.1) is 13.2 Å². The lowest BCUT2D eigenvalue weighted by atomic mass is 10.1. The maximum Gasteiger partial charge on any atom is 0.306 e. The number of rotatable bonds is 23. The molecule has 6 heteroatoms. The molecule has 0 aromatic rings. The van der Waals surface area contributed by atoms with Gasteiger partial charge in [-0.2, -0.15) is 0 Å². The Balaban J connectivity index is 1.88. The molecule has 4 nitrogen and oxygen atoms in total. The molecular weight excluding hydrogens is 524 g/mol. The predicted molar refractivity (Wildman–Crippen MR) is 171 cm³/mol. The van der Waals surface area contributed by atoms with Crippen LogP contribution in [-0.2, 0) is 19.1 Å². The Labute approximate surface area is 245 Å². The van der Waals surface area contributed by atoms with Gasteiger partial charge in [0.2, 0.25) is 0 Å². The van der Waals surface area contributed by atoms with Gasteiger partial charge >= 0.3 is 11.9 Å². The van der Waals surface area contributed by atoms with E-state index in [0.717, 1.165) is 56.6 Å². The molecule has 0 aromatic heterocycles. The summed E-state index contributed by atoms with van der Waals surface area (Å²) >= 11 is 0. The summed E-state index contributed by atoms with van der Waals surface area (Å²) in [6.07, 6.45) is 38.4. The first-order valence-electron chi connectivity index (χ1n) is 14.7. The molecule has 218 valence electrons. The molecule has 0 bridgehead atoms. The molecule has 1 saturated heterocycles. The number of unbranched alkanes of at least 4 members (excludes halogenated alkanes) is 1. The summed E-state index contributed by atoms with van der Waals surface area (Å²) < 4.78 is 10.4. The highest BCUT2D eigenvalue weighted by Crippen LogP contribution is 2.39. The van der Waals surface area contributed by atoms with E-state index < -0.39 is 0 Å². The van der Waals surface area contributed by atoms with Crippen LogP contribution in [0.15, 0.2) is 72.9 Å². The standard InChI is InChI=1S/C33H50O4S2/c1-2-3-4-5-6-7-8-9-10-11-12-13-14-15-16-17-18-19-20-25-32(34)36-28-23-29-37-33(35)26-22-21-24-31-27-30-38-39-31/h3-4,6-7,9-10,12-13,15-16,18-19,31H,2,5,8,11,14,17,20-30H2,1H3/b4-3-,7-6-,10-9-,13-12-,16-15-,19-18-. The lowest BCUT2D eigenvalue weighted by Crippen LogP contribution is -2.10. The lowest BCUT2D eigenvalue weighted by Gasteiger charge is -2.07. The van der Waals surface area contributed by atoms with Crippen LogP contribution in [0.3, 0.4) is 0 Å². The van der Waals surface area contributed by atoms with Crippen LogP contribution in [-0.4, -0.2) is 36.2 Å². The molecule has 0 aliphatic carbocycles. The first kappa shape index (κ1) is 35.1. The molecule has 1 unspecified atom stereocenters. The van der Waals surface area contributed by atoms with E-state index in [2.05, 4.69) is 73.8 Å². The molecule has 1 atom stereocenters. The number of ether oxygens (including phenoxy) is 2. The molecule has 0 saturated carbocycles. The van der Waals surface area contributed by atoms with Gasteiger partial charge in [0.15, 0.2) is 0 Å². The van der Waals surface area contributed by atoms with Crippen molar-refractivity contribution in [3.8, 4) is 0 Å². The average Bonchev–Trinajstić information content (AvgIpc) is 3.46. The van der Waals surface area contributed by atoms with E-state index >= 15 is 0 Å². The fourth-order valence-corrected chi connectivity index (χ4v) is 6.65. The summed E-state index contributed by atoms with van der Waals surface area (Å²) in [6, 6.07) is 0. The van der Waals surface area contributed by atoms with Gasteiger partial charge in [-0.15, -0.1) is 0 Å².